The number of hydrogen-bond donors (Lipinski definition) is 1. The highest BCUT2D eigenvalue weighted by molar-refractivity contribution is 6.31. The Kier molecular flexibility index (Phi) is 4.06. The molecule has 2 rings (SSSR count). The molecule has 0 bridgehead atoms. The van der Waals surface area contributed by atoms with Crippen molar-refractivity contribution in [1.29, 1.82) is 0 Å². The van der Waals surface area contributed by atoms with Crippen molar-refractivity contribution in [2.45, 2.75) is 12.5 Å². The molecule has 3 heteroatoms. The first-order valence-corrected chi connectivity index (χ1v) is 6.09. The predicted molar refractivity (Wildman–Crippen MR) is 72.2 cm³/mol. The molecule has 1 atom stereocenters. The largest absolute Gasteiger partial charge is 0.384 e. The summed E-state index contributed by atoms with van der Waals surface area (Å²) in [5.74, 6) is 0. The van der Waals surface area contributed by atoms with Crippen molar-refractivity contribution < 1.29 is 5.11 Å². The van der Waals surface area contributed by atoms with Crippen LogP contribution in [0.2, 0.25) is 5.02 Å². The smallest absolute Gasteiger partial charge is 0.101 e. The summed E-state index contributed by atoms with van der Waals surface area (Å²) in [4.78, 5) is 0. The molecule has 0 heterocycles. The Hall–Kier alpha value is -1.02. The second-order valence-corrected chi connectivity index (χ2v) is 4.73. The van der Waals surface area contributed by atoms with Gasteiger partial charge in [0.1, 0.15) is 6.10 Å². The molecule has 1 aromatic rings. The van der Waals surface area contributed by atoms with E-state index in [1.807, 2.05) is 30.4 Å². The molecule has 0 fully saturated rings. The quantitative estimate of drug-likeness (QED) is 0.842. The van der Waals surface area contributed by atoms with Gasteiger partial charge in [-0.3, -0.25) is 0 Å². The molecule has 0 radical (unpaired) electrons. The van der Waals surface area contributed by atoms with Gasteiger partial charge in [0, 0.05) is 10.1 Å². The second kappa shape index (κ2) is 5.54. The van der Waals surface area contributed by atoms with Gasteiger partial charge >= 0.3 is 0 Å². The topological polar surface area (TPSA) is 20.2 Å². The zero-order chi connectivity index (χ0) is 12.3. The molecule has 0 saturated heterocycles. The van der Waals surface area contributed by atoms with Crippen molar-refractivity contribution >= 4 is 23.2 Å². The summed E-state index contributed by atoms with van der Waals surface area (Å²) in [6.45, 7) is 0. The average molecular weight is 267 g/mol. The molecule has 1 nitrogen and oxygen atoms in total. The SMILES string of the molecule is OC(C1=CC=C(Cl)C=CC1)c1ccc(Cl)cc1. The Morgan fingerprint density at radius 1 is 1.06 bits per heavy atom. The molecule has 1 aromatic carbocycles. The van der Waals surface area contributed by atoms with E-state index in [4.69, 9.17) is 23.2 Å². The molecule has 0 aliphatic heterocycles. The number of allylic oxidation sites excluding steroid dienone is 5. The van der Waals surface area contributed by atoms with Crippen molar-refractivity contribution in [3.05, 3.63) is 69.8 Å². The monoisotopic (exact) mass is 266 g/mol. The first-order chi connectivity index (χ1) is 8.16. The summed E-state index contributed by atoms with van der Waals surface area (Å²) >= 11 is 11.7. The lowest BCUT2D eigenvalue weighted by Crippen LogP contribution is -2.00. The maximum Gasteiger partial charge on any atom is 0.101 e. The van der Waals surface area contributed by atoms with Crippen molar-refractivity contribution in [3.63, 3.8) is 0 Å². The fourth-order valence-electron chi connectivity index (χ4n) is 1.68. The van der Waals surface area contributed by atoms with Gasteiger partial charge in [0.25, 0.3) is 0 Å². The van der Waals surface area contributed by atoms with Gasteiger partial charge in [-0.05, 0) is 41.8 Å². The van der Waals surface area contributed by atoms with Crippen LogP contribution in [0, 0.1) is 0 Å². The summed E-state index contributed by atoms with van der Waals surface area (Å²) in [5, 5.41) is 11.6. The summed E-state index contributed by atoms with van der Waals surface area (Å²) in [6.07, 6.45) is 7.50. The lowest BCUT2D eigenvalue weighted by Gasteiger charge is -2.13. The van der Waals surface area contributed by atoms with E-state index in [0.717, 1.165) is 11.1 Å². The third kappa shape index (κ3) is 3.22. The van der Waals surface area contributed by atoms with Gasteiger partial charge in [0.05, 0.1) is 0 Å². The van der Waals surface area contributed by atoms with E-state index in [2.05, 4.69) is 0 Å². The minimum absolute atomic E-state index is 0.615. The van der Waals surface area contributed by atoms with Gasteiger partial charge in [-0.2, -0.15) is 0 Å². The summed E-state index contributed by atoms with van der Waals surface area (Å²) in [6, 6.07) is 7.20. The zero-order valence-electron chi connectivity index (χ0n) is 9.11. The predicted octanol–water partition coefficient (Wildman–Crippen LogP) is 4.38. The third-order valence-electron chi connectivity index (χ3n) is 2.62. The third-order valence-corrected chi connectivity index (χ3v) is 3.13. The highest BCUT2D eigenvalue weighted by Crippen LogP contribution is 2.27. The van der Waals surface area contributed by atoms with Gasteiger partial charge < -0.3 is 5.11 Å². The normalized spacial score (nSPS) is 17.1. The van der Waals surface area contributed by atoms with Crippen LogP contribution in [0.1, 0.15) is 18.1 Å². The standard InChI is InChI=1S/C14H12Cl2O/c15-12-3-1-2-10(4-7-12)14(17)11-5-8-13(16)9-6-11/h1,3-9,14,17H,2H2. The Morgan fingerprint density at radius 2 is 1.76 bits per heavy atom. The molecule has 0 amide bonds. The van der Waals surface area contributed by atoms with Gasteiger partial charge in [-0.25, -0.2) is 0 Å². The van der Waals surface area contributed by atoms with Gasteiger partial charge in [0.15, 0.2) is 0 Å². The molecule has 1 N–H and O–H groups in total. The summed E-state index contributed by atoms with van der Waals surface area (Å²) < 4.78 is 0. The molecule has 0 saturated carbocycles. The van der Waals surface area contributed by atoms with E-state index >= 15 is 0 Å². The maximum atomic E-state index is 10.2. The average Bonchev–Trinajstić information content (AvgIpc) is 2.54. The van der Waals surface area contributed by atoms with Crippen LogP contribution in [0.15, 0.2) is 59.2 Å². The molecule has 0 spiro atoms. The Morgan fingerprint density at radius 3 is 2.47 bits per heavy atom. The van der Waals surface area contributed by atoms with Crippen molar-refractivity contribution in [3.8, 4) is 0 Å². The summed E-state index contributed by atoms with van der Waals surface area (Å²) in [7, 11) is 0. The maximum absolute atomic E-state index is 10.2. The fraction of sp³-hybridized carbons (Fsp3) is 0.143. The Balaban J connectivity index is 2.23. The molecule has 1 aliphatic rings. The van der Waals surface area contributed by atoms with E-state index in [1.165, 1.54) is 0 Å². The van der Waals surface area contributed by atoms with Crippen LogP contribution < -0.4 is 0 Å². The fourth-order valence-corrected chi connectivity index (χ4v) is 1.96. The molecule has 1 aliphatic carbocycles. The number of hydrogen-bond acceptors (Lipinski definition) is 1. The van der Waals surface area contributed by atoms with E-state index in [-0.39, 0.29) is 0 Å². The molecule has 0 aromatic heterocycles. The van der Waals surface area contributed by atoms with Crippen LogP contribution in [0.3, 0.4) is 0 Å². The van der Waals surface area contributed by atoms with Crippen molar-refractivity contribution in [1.82, 2.24) is 0 Å². The van der Waals surface area contributed by atoms with E-state index in [9.17, 15) is 5.11 Å². The van der Waals surface area contributed by atoms with Crippen molar-refractivity contribution in [2.24, 2.45) is 0 Å². The van der Waals surface area contributed by atoms with Crippen molar-refractivity contribution in [2.75, 3.05) is 0 Å². The molecule has 88 valence electrons. The lowest BCUT2D eigenvalue weighted by atomic mass is 9.99. The van der Waals surface area contributed by atoms with Gasteiger partial charge in [0.2, 0.25) is 0 Å². The van der Waals surface area contributed by atoms with Crippen LogP contribution in [-0.4, -0.2) is 5.11 Å². The number of benzene rings is 1. The lowest BCUT2D eigenvalue weighted by molar-refractivity contribution is 0.213. The minimum atomic E-state index is -0.615. The number of halogens is 2. The zero-order valence-corrected chi connectivity index (χ0v) is 10.6. The molecule has 17 heavy (non-hydrogen) atoms. The van der Waals surface area contributed by atoms with Crippen LogP contribution in [0.4, 0.5) is 0 Å². The number of rotatable bonds is 2. The van der Waals surface area contributed by atoms with Crippen LogP contribution in [0.5, 0.6) is 0 Å². The van der Waals surface area contributed by atoms with E-state index in [0.29, 0.717) is 16.5 Å². The Bertz CT molecular complexity index is 483. The first kappa shape index (κ1) is 12.4. The highest BCUT2D eigenvalue weighted by atomic mass is 35.5. The molecular formula is C14H12Cl2O. The van der Waals surface area contributed by atoms with Crippen LogP contribution in [0.25, 0.3) is 0 Å². The number of aliphatic hydroxyl groups excluding tert-OH is 1. The van der Waals surface area contributed by atoms with E-state index < -0.39 is 6.10 Å². The summed E-state index contributed by atoms with van der Waals surface area (Å²) in [5.41, 5.74) is 1.75. The van der Waals surface area contributed by atoms with Crippen LogP contribution >= 0.6 is 23.2 Å². The molecule has 1 unspecified atom stereocenters. The minimum Gasteiger partial charge on any atom is -0.384 e. The molecular weight excluding hydrogens is 255 g/mol. The van der Waals surface area contributed by atoms with Gasteiger partial charge in [-0.1, -0.05) is 47.5 Å². The number of aliphatic hydroxyl groups is 1. The second-order valence-electron chi connectivity index (χ2n) is 3.85. The van der Waals surface area contributed by atoms with Crippen LogP contribution in [-0.2, 0) is 0 Å². The Labute approximate surface area is 111 Å². The first-order valence-electron chi connectivity index (χ1n) is 5.33. The van der Waals surface area contributed by atoms with E-state index in [1.54, 1.807) is 18.2 Å². The highest BCUT2D eigenvalue weighted by Gasteiger charge is 2.12. The van der Waals surface area contributed by atoms with Gasteiger partial charge in [-0.15, -0.1) is 0 Å².